The summed E-state index contributed by atoms with van der Waals surface area (Å²) >= 11 is 0. The lowest BCUT2D eigenvalue weighted by Crippen LogP contribution is -2.11. The average Bonchev–Trinajstić information content (AvgIpc) is 2.29. The van der Waals surface area contributed by atoms with Crippen molar-refractivity contribution in [3.63, 3.8) is 0 Å². The summed E-state index contributed by atoms with van der Waals surface area (Å²) in [6, 6.07) is 2.05. The number of Topliss-reactive ketones (excluding diaryl/α,β-unsaturated/α-hetero) is 1. The second-order valence-electron chi connectivity index (χ2n) is 4.55. The molecule has 13 heavy (non-hydrogen) atoms. The molecule has 0 aliphatic carbocycles. The van der Waals surface area contributed by atoms with Crippen LogP contribution in [0.1, 0.15) is 49.4 Å². The highest BCUT2D eigenvalue weighted by atomic mass is 16.1. The van der Waals surface area contributed by atoms with E-state index in [1.54, 1.807) is 6.92 Å². The number of aromatic nitrogens is 1. The predicted octanol–water partition coefficient (Wildman–Crippen LogP) is 2.82. The third-order valence-electron chi connectivity index (χ3n) is 2.17. The van der Waals surface area contributed by atoms with Gasteiger partial charge in [0.2, 0.25) is 0 Å². The fourth-order valence-electron chi connectivity index (χ4n) is 1.33. The molecule has 72 valence electrons. The van der Waals surface area contributed by atoms with Gasteiger partial charge in [-0.1, -0.05) is 20.8 Å². The molecule has 0 aromatic carbocycles. The Bertz CT molecular complexity index is 328. The highest BCUT2D eigenvalue weighted by Crippen LogP contribution is 2.23. The summed E-state index contributed by atoms with van der Waals surface area (Å²) in [5, 5.41) is 0. The third kappa shape index (κ3) is 2.00. The van der Waals surface area contributed by atoms with Gasteiger partial charge in [0.1, 0.15) is 0 Å². The zero-order chi connectivity index (χ0) is 10.2. The highest BCUT2D eigenvalue weighted by molar-refractivity contribution is 5.93. The first-order valence-corrected chi connectivity index (χ1v) is 4.53. The van der Waals surface area contributed by atoms with E-state index in [-0.39, 0.29) is 11.2 Å². The maximum atomic E-state index is 11.2. The summed E-state index contributed by atoms with van der Waals surface area (Å²) in [5.41, 5.74) is 2.98. The number of hydrogen-bond acceptors (Lipinski definition) is 1. The van der Waals surface area contributed by atoms with E-state index >= 15 is 0 Å². The molecule has 0 fully saturated rings. The van der Waals surface area contributed by atoms with Crippen LogP contribution in [-0.2, 0) is 5.41 Å². The maximum Gasteiger partial charge on any atom is 0.176 e. The second-order valence-corrected chi connectivity index (χ2v) is 4.55. The van der Waals surface area contributed by atoms with E-state index in [1.165, 1.54) is 0 Å². The van der Waals surface area contributed by atoms with Gasteiger partial charge in [-0.2, -0.15) is 0 Å². The van der Waals surface area contributed by atoms with Crippen molar-refractivity contribution < 1.29 is 4.79 Å². The highest BCUT2D eigenvalue weighted by Gasteiger charge is 2.18. The number of rotatable bonds is 1. The van der Waals surface area contributed by atoms with Crippen LogP contribution in [0.25, 0.3) is 0 Å². The molecule has 0 aliphatic rings. The van der Waals surface area contributed by atoms with Crippen molar-refractivity contribution in [3.05, 3.63) is 23.0 Å². The molecule has 1 aromatic heterocycles. The molecule has 2 heteroatoms. The van der Waals surface area contributed by atoms with Crippen LogP contribution in [-0.4, -0.2) is 10.8 Å². The smallest absolute Gasteiger partial charge is 0.176 e. The number of aryl methyl sites for hydroxylation is 1. The zero-order valence-corrected chi connectivity index (χ0v) is 8.99. The van der Waals surface area contributed by atoms with Crippen LogP contribution in [0.5, 0.6) is 0 Å². The largest absolute Gasteiger partial charge is 0.355 e. The van der Waals surface area contributed by atoms with Crippen molar-refractivity contribution in [1.29, 1.82) is 0 Å². The SMILES string of the molecule is CC(=O)c1[nH]c(C(C)(C)C)cc1C. The zero-order valence-electron chi connectivity index (χ0n) is 8.99. The maximum absolute atomic E-state index is 11.2. The predicted molar refractivity (Wildman–Crippen MR) is 54.2 cm³/mol. The lowest BCUT2D eigenvalue weighted by molar-refractivity contribution is 0.101. The Morgan fingerprint density at radius 3 is 2.15 bits per heavy atom. The first kappa shape index (κ1) is 10.0. The molecule has 0 unspecified atom stereocenters. The molecule has 0 radical (unpaired) electrons. The van der Waals surface area contributed by atoms with Gasteiger partial charge in [-0.15, -0.1) is 0 Å². The molecule has 2 nitrogen and oxygen atoms in total. The van der Waals surface area contributed by atoms with Crippen molar-refractivity contribution >= 4 is 5.78 Å². The van der Waals surface area contributed by atoms with Crippen molar-refractivity contribution in [2.75, 3.05) is 0 Å². The van der Waals surface area contributed by atoms with Gasteiger partial charge < -0.3 is 4.98 Å². The summed E-state index contributed by atoms with van der Waals surface area (Å²) in [6.45, 7) is 9.93. The van der Waals surface area contributed by atoms with E-state index in [1.807, 2.05) is 6.92 Å². The Kier molecular flexibility index (Phi) is 2.33. The minimum atomic E-state index is 0.0818. The van der Waals surface area contributed by atoms with Crippen LogP contribution >= 0.6 is 0 Å². The molecule has 0 saturated carbocycles. The van der Waals surface area contributed by atoms with Crippen LogP contribution in [0, 0.1) is 6.92 Å². The van der Waals surface area contributed by atoms with E-state index in [4.69, 9.17) is 0 Å². The first-order valence-electron chi connectivity index (χ1n) is 4.53. The van der Waals surface area contributed by atoms with E-state index in [0.29, 0.717) is 0 Å². The van der Waals surface area contributed by atoms with Crippen LogP contribution in [0.4, 0.5) is 0 Å². The van der Waals surface area contributed by atoms with Crippen molar-refractivity contribution in [2.24, 2.45) is 0 Å². The molecular weight excluding hydrogens is 162 g/mol. The second kappa shape index (κ2) is 3.02. The average molecular weight is 179 g/mol. The van der Waals surface area contributed by atoms with E-state index in [0.717, 1.165) is 17.0 Å². The first-order chi connectivity index (χ1) is 5.82. The summed E-state index contributed by atoms with van der Waals surface area (Å²) in [7, 11) is 0. The van der Waals surface area contributed by atoms with Crippen LogP contribution in [0.3, 0.4) is 0 Å². The summed E-state index contributed by atoms with van der Waals surface area (Å²) < 4.78 is 0. The third-order valence-corrected chi connectivity index (χ3v) is 2.17. The number of hydrogen-bond donors (Lipinski definition) is 1. The fraction of sp³-hybridized carbons (Fsp3) is 0.545. The molecule has 0 aliphatic heterocycles. The Hall–Kier alpha value is -1.05. The standard InChI is InChI=1S/C11H17NO/c1-7-6-9(11(3,4)5)12-10(7)8(2)13/h6,12H,1-5H3. The fourth-order valence-corrected chi connectivity index (χ4v) is 1.33. The topological polar surface area (TPSA) is 32.9 Å². The number of carbonyl (C=O) groups is 1. The van der Waals surface area contributed by atoms with Gasteiger partial charge in [0.15, 0.2) is 5.78 Å². The van der Waals surface area contributed by atoms with Crippen LogP contribution in [0.15, 0.2) is 6.07 Å². The van der Waals surface area contributed by atoms with Gasteiger partial charge in [0, 0.05) is 18.0 Å². The minimum Gasteiger partial charge on any atom is -0.355 e. The van der Waals surface area contributed by atoms with Crippen molar-refractivity contribution in [3.8, 4) is 0 Å². The van der Waals surface area contributed by atoms with Gasteiger partial charge in [-0.05, 0) is 18.6 Å². The molecular formula is C11H17NO. The Balaban J connectivity index is 3.17. The van der Waals surface area contributed by atoms with Gasteiger partial charge in [0.05, 0.1) is 5.69 Å². The molecule has 1 N–H and O–H groups in total. The lowest BCUT2D eigenvalue weighted by atomic mass is 9.92. The normalized spacial score (nSPS) is 11.8. The molecule has 0 amide bonds. The van der Waals surface area contributed by atoms with Gasteiger partial charge in [-0.3, -0.25) is 4.79 Å². The Morgan fingerprint density at radius 1 is 1.38 bits per heavy atom. The minimum absolute atomic E-state index is 0.0818. The molecule has 0 saturated heterocycles. The lowest BCUT2D eigenvalue weighted by Gasteiger charge is -2.15. The Morgan fingerprint density at radius 2 is 1.92 bits per heavy atom. The van der Waals surface area contributed by atoms with Crippen molar-refractivity contribution in [1.82, 2.24) is 4.98 Å². The quantitative estimate of drug-likeness (QED) is 0.661. The summed E-state index contributed by atoms with van der Waals surface area (Å²) in [4.78, 5) is 14.3. The van der Waals surface area contributed by atoms with Gasteiger partial charge >= 0.3 is 0 Å². The number of aromatic amines is 1. The molecule has 0 atom stereocenters. The molecule has 1 rings (SSSR count). The summed E-state index contributed by atoms with van der Waals surface area (Å²) in [6.07, 6.45) is 0. The van der Waals surface area contributed by atoms with Gasteiger partial charge in [0.25, 0.3) is 0 Å². The van der Waals surface area contributed by atoms with E-state index < -0.39 is 0 Å². The number of ketones is 1. The van der Waals surface area contributed by atoms with Crippen molar-refractivity contribution in [2.45, 2.75) is 40.0 Å². The molecule has 1 aromatic rings. The summed E-state index contributed by atoms with van der Waals surface area (Å²) in [5.74, 6) is 0.105. The molecule has 1 heterocycles. The van der Waals surface area contributed by atoms with Gasteiger partial charge in [-0.25, -0.2) is 0 Å². The van der Waals surface area contributed by atoms with E-state index in [9.17, 15) is 4.79 Å². The Labute approximate surface area is 79.4 Å². The van der Waals surface area contributed by atoms with Crippen LogP contribution < -0.4 is 0 Å². The van der Waals surface area contributed by atoms with Crippen LogP contribution in [0.2, 0.25) is 0 Å². The number of nitrogens with one attached hydrogen (secondary N) is 1. The number of carbonyl (C=O) groups excluding carboxylic acids is 1. The van der Waals surface area contributed by atoms with E-state index in [2.05, 4.69) is 31.8 Å². The molecule has 0 spiro atoms. The number of H-pyrrole nitrogens is 1. The monoisotopic (exact) mass is 179 g/mol. The molecule has 0 bridgehead atoms.